The van der Waals surface area contributed by atoms with Gasteiger partial charge in [0.2, 0.25) is 0 Å². The Morgan fingerprint density at radius 3 is 1.24 bits per heavy atom. The van der Waals surface area contributed by atoms with Crippen LogP contribution in [-0.2, 0) is 51.9 Å². The molecule has 2 aromatic rings. The third-order valence-electron chi connectivity index (χ3n) is 3.54. The quantitative estimate of drug-likeness (QED) is 0.588. The van der Waals surface area contributed by atoms with E-state index < -0.39 is 0 Å². The minimum absolute atomic E-state index is 0. The molecule has 0 saturated carbocycles. The molecule has 0 atom stereocenters. The van der Waals surface area contributed by atoms with Crippen LogP contribution in [0.15, 0.2) is 36.4 Å². The predicted octanol–water partition coefficient (Wildman–Crippen LogP) is 5.96. The summed E-state index contributed by atoms with van der Waals surface area (Å²) in [7, 11) is 0. The van der Waals surface area contributed by atoms with Gasteiger partial charge in [0.15, 0.2) is 0 Å². The van der Waals surface area contributed by atoms with Gasteiger partial charge >= 0.3 is 26.2 Å². The maximum Gasteiger partial charge on any atom is 4.00 e. The van der Waals surface area contributed by atoms with Gasteiger partial charge in [-0.15, -0.1) is 0 Å². The van der Waals surface area contributed by atoms with Crippen molar-refractivity contribution >= 4 is 0 Å². The number of aryl methyl sites for hydroxylation is 4. The van der Waals surface area contributed by atoms with Crippen molar-refractivity contribution in [2.75, 3.05) is 0 Å². The molecule has 0 unspecified atom stereocenters. The molecule has 0 bridgehead atoms. The summed E-state index contributed by atoms with van der Waals surface area (Å²) in [4.78, 5) is 0. The van der Waals surface area contributed by atoms with Crippen molar-refractivity contribution in [1.82, 2.24) is 0 Å². The van der Waals surface area contributed by atoms with E-state index in [1.54, 1.807) is 0 Å². The van der Waals surface area contributed by atoms with Crippen molar-refractivity contribution in [3.8, 4) is 0 Å². The average molecular weight is 364 g/mol. The van der Waals surface area contributed by atoms with E-state index in [1.165, 1.54) is 47.9 Å². The largest absolute Gasteiger partial charge is 4.00 e. The first kappa shape index (κ1) is 25.5. The molecule has 0 aliphatic heterocycles. The van der Waals surface area contributed by atoms with Gasteiger partial charge in [-0.05, 0) is 0 Å². The van der Waals surface area contributed by atoms with Gasteiger partial charge in [-0.2, -0.15) is 34.4 Å². The van der Waals surface area contributed by atoms with Crippen molar-refractivity contribution in [2.24, 2.45) is 0 Å². The van der Waals surface area contributed by atoms with Crippen molar-refractivity contribution in [3.05, 3.63) is 73.5 Å². The van der Waals surface area contributed by atoms with Crippen LogP contribution in [0.3, 0.4) is 0 Å². The van der Waals surface area contributed by atoms with Crippen molar-refractivity contribution in [1.29, 1.82) is 0 Å². The summed E-state index contributed by atoms with van der Waals surface area (Å²) < 4.78 is 0. The van der Waals surface area contributed by atoms with E-state index in [4.69, 9.17) is 0 Å². The maximum absolute atomic E-state index is 2.21. The third kappa shape index (κ3) is 7.96. The molecule has 0 radical (unpaired) electrons. The van der Waals surface area contributed by atoms with Gasteiger partial charge in [0, 0.05) is 0 Å². The molecule has 116 valence electrons. The third-order valence-corrected chi connectivity index (χ3v) is 3.54. The van der Waals surface area contributed by atoms with Gasteiger partial charge < -0.3 is 14.9 Å². The van der Waals surface area contributed by atoms with E-state index in [0.717, 1.165) is 0 Å². The van der Waals surface area contributed by atoms with Gasteiger partial charge in [0.05, 0.1) is 0 Å². The normalized spacial score (nSPS) is 8.57. The number of hydrogen-bond acceptors (Lipinski definition) is 0. The molecule has 0 spiro atoms. The smallest absolute Gasteiger partial charge is 0.358 e. The van der Waals surface area contributed by atoms with E-state index in [0.29, 0.717) is 0 Å². The molecule has 21 heavy (non-hydrogen) atoms. The van der Waals surface area contributed by atoms with Crippen molar-refractivity contribution in [3.63, 3.8) is 0 Å². The zero-order valence-corrected chi connectivity index (χ0v) is 17.3. The van der Waals surface area contributed by atoms with Gasteiger partial charge in [0.25, 0.3) is 0 Å². The maximum atomic E-state index is 2.21. The Labute approximate surface area is 152 Å². The Balaban J connectivity index is -0.000000270. The molecule has 0 saturated heterocycles. The second-order valence-corrected chi connectivity index (χ2v) is 4.57. The fraction of sp³-hybridized carbons (Fsp3) is 0.400. The van der Waals surface area contributed by atoms with Crippen LogP contribution in [0.1, 0.15) is 49.9 Å². The minimum atomic E-state index is 0. The molecule has 1 heteroatoms. The summed E-state index contributed by atoms with van der Waals surface area (Å²) in [6.07, 6.45) is 4.71. The van der Waals surface area contributed by atoms with Crippen LogP contribution in [0.5, 0.6) is 0 Å². The number of rotatable bonds is 4. The van der Waals surface area contributed by atoms with Crippen LogP contribution >= 0.6 is 0 Å². The molecule has 0 heterocycles. The number of hydrogen-bond donors (Lipinski definition) is 0. The molecule has 2 aromatic carbocycles. The molecule has 2 rings (SSSR count). The second kappa shape index (κ2) is 14.5. The first-order valence-corrected chi connectivity index (χ1v) is 7.23. The van der Waals surface area contributed by atoms with E-state index in [-0.39, 0.29) is 41.1 Å². The van der Waals surface area contributed by atoms with Crippen molar-refractivity contribution in [2.45, 2.75) is 53.4 Å². The molecule has 0 N–H and O–H groups in total. The zero-order chi connectivity index (χ0) is 13.4. The van der Waals surface area contributed by atoms with Crippen molar-refractivity contribution < 1.29 is 26.2 Å². The predicted molar refractivity (Wildman–Crippen MR) is 94.4 cm³/mol. The van der Waals surface area contributed by atoms with Crippen LogP contribution in [0.2, 0.25) is 0 Å². The fourth-order valence-electron chi connectivity index (χ4n) is 2.37. The van der Waals surface area contributed by atoms with Gasteiger partial charge in [-0.1, -0.05) is 53.4 Å². The first-order valence-electron chi connectivity index (χ1n) is 7.23. The van der Waals surface area contributed by atoms with E-state index >= 15 is 0 Å². The molecular weight excluding hydrogens is 331 g/mol. The first-order chi connectivity index (χ1) is 8.76. The minimum Gasteiger partial charge on any atom is -0.358 e. The fourth-order valence-corrected chi connectivity index (χ4v) is 2.37. The summed E-state index contributed by atoms with van der Waals surface area (Å²) >= 11 is 0. The summed E-state index contributed by atoms with van der Waals surface area (Å²) in [6.45, 7) is 8.81. The van der Waals surface area contributed by atoms with E-state index in [2.05, 4.69) is 64.1 Å². The summed E-state index contributed by atoms with van der Waals surface area (Å²) in [5.74, 6) is 0. The second-order valence-electron chi connectivity index (χ2n) is 4.57. The summed E-state index contributed by atoms with van der Waals surface area (Å²) in [5.41, 5.74) is 6.05. The van der Waals surface area contributed by atoms with Gasteiger partial charge in [-0.25, -0.2) is 24.3 Å². The molecule has 0 aromatic heterocycles. The molecule has 0 amide bonds. The van der Waals surface area contributed by atoms with Crippen LogP contribution in [-0.4, -0.2) is 0 Å². The molecule has 0 aliphatic rings. The Morgan fingerprint density at radius 1 is 0.714 bits per heavy atom. The van der Waals surface area contributed by atoms with E-state index in [9.17, 15) is 0 Å². The average Bonchev–Trinajstić information content (AvgIpc) is 3.06. The van der Waals surface area contributed by atoms with Crippen LogP contribution in [0.25, 0.3) is 0 Å². The van der Waals surface area contributed by atoms with Crippen LogP contribution in [0.4, 0.5) is 0 Å². The Bertz CT molecular complexity index is 355. The Hall–Kier alpha value is -0.417. The SMILES string of the molecule is CCc1ccc[c-]1CC.CCc1ccc[c-]1CC.[CH3-].[CH3-].[Zr+4]. The summed E-state index contributed by atoms with van der Waals surface area (Å²) in [5, 5.41) is 0. The Morgan fingerprint density at radius 2 is 1.05 bits per heavy atom. The standard InChI is InChI=1S/2C9H13.2CH3.Zr/c2*1-3-8-6-5-7-9(8)4-2;;;/h2*5-7H,3-4H2,1-2H3;2*1H3;/q4*-1;+4. The molecule has 0 fully saturated rings. The summed E-state index contributed by atoms with van der Waals surface area (Å²) in [6, 6.07) is 13.1. The zero-order valence-electron chi connectivity index (χ0n) is 14.8. The van der Waals surface area contributed by atoms with E-state index in [1.807, 2.05) is 0 Å². The van der Waals surface area contributed by atoms with Gasteiger partial charge in [-0.3, -0.25) is 0 Å². The topological polar surface area (TPSA) is 0 Å². The van der Waals surface area contributed by atoms with Crippen LogP contribution in [0, 0.1) is 14.9 Å². The molecule has 0 aliphatic carbocycles. The van der Waals surface area contributed by atoms with Crippen LogP contribution < -0.4 is 0 Å². The molecular formula is C20H32Zr. The Kier molecular flexibility index (Phi) is 17.7. The monoisotopic (exact) mass is 362 g/mol. The molecule has 0 nitrogen and oxygen atoms in total. The van der Waals surface area contributed by atoms with Gasteiger partial charge in [0.1, 0.15) is 0 Å².